The maximum absolute atomic E-state index is 5.76. The van der Waals surface area contributed by atoms with Crippen molar-refractivity contribution in [2.75, 3.05) is 32.8 Å². The summed E-state index contributed by atoms with van der Waals surface area (Å²) in [5, 5.41) is 3.60. The van der Waals surface area contributed by atoms with Gasteiger partial charge in [0.25, 0.3) is 0 Å². The molecule has 3 heteroatoms. The van der Waals surface area contributed by atoms with Crippen molar-refractivity contribution in [2.45, 2.75) is 46.2 Å². The van der Waals surface area contributed by atoms with Gasteiger partial charge in [-0.2, -0.15) is 0 Å². The first kappa shape index (κ1) is 13.9. The van der Waals surface area contributed by atoms with E-state index in [1.54, 1.807) is 0 Å². The highest BCUT2D eigenvalue weighted by molar-refractivity contribution is 4.72. The number of ether oxygens (including phenoxy) is 1. The zero-order valence-electron chi connectivity index (χ0n) is 11.3. The Kier molecular flexibility index (Phi) is 6.32. The van der Waals surface area contributed by atoms with E-state index in [0.29, 0.717) is 18.0 Å². The largest absolute Gasteiger partial charge is 0.378 e. The number of nitrogens with zero attached hydrogens (tertiary/aromatic N) is 1. The molecule has 1 fully saturated rings. The molecule has 0 spiro atoms. The van der Waals surface area contributed by atoms with Crippen LogP contribution in [-0.4, -0.2) is 49.8 Å². The number of hydrogen-bond donors (Lipinski definition) is 1. The third kappa shape index (κ3) is 4.81. The number of hydrogen-bond acceptors (Lipinski definition) is 3. The van der Waals surface area contributed by atoms with Gasteiger partial charge in [-0.3, -0.25) is 4.90 Å². The number of nitrogens with one attached hydrogen (secondary N) is 1. The van der Waals surface area contributed by atoms with Crippen LogP contribution in [0, 0.1) is 5.92 Å². The Balaban J connectivity index is 2.37. The molecule has 3 nitrogen and oxygen atoms in total. The average molecular weight is 228 g/mol. The summed E-state index contributed by atoms with van der Waals surface area (Å²) in [4.78, 5) is 2.50. The van der Waals surface area contributed by atoms with Crippen molar-refractivity contribution in [1.29, 1.82) is 0 Å². The lowest BCUT2D eigenvalue weighted by Crippen LogP contribution is -2.43. The van der Waals surface area contributed by atoms with Crippen molar-refractivity contribution in [3.63, 3.8) is 0 Å². The quantitative estimate of drug-likeness (QED) is 0.779. The van der Waals surface area contributed by atoms with Crippen LogP contribution in [0.2, 0.25) is 0 Å². The van der Waals surface area contributed by atoms with Crippen LogP contribution in [0.3, 0.4) is 0 Å². The second-order valence-corrected chi connectivity index (χ2v) is 5.36. The third-order valence-electron chi connectivity index (χ3n) is 3.38. The van der Waals surface area contributed by atoms with Crippen molar-refractivity contribution < 1.29 is 4.74 Å². The molecular formula is C13H28N2O. The molecule has 0 saturated carbocycles. The Morgan fingerprint density at radius 2 is 1.94 bits per heavy atom. The molecule has 0 aromatic rings. The summed E-state index contributed by atoms with van der Waals surface area (Å²) in [6.07, 6.45) is 1.24. The first-order valence-corrected chi connectivity index (χ1v) is 6.66. The van der Waals surface area contributed by atoms with Gasteiger partial charge in [0.1, 0.15) is 0 Å². The van der Waals surface area contributed by atoms with E-state index in [9.17, 15) is 0 Å². The van der Waals surface area contributed by atoms with Crippen LogP contribution in [0.4, 0.5) is 0 Å². The van der Waals surface area contributed by atoms with E-state index in [1.165, 1.54) is 13.0 Å². The highest BCUT2D eigenvalue weighted by Crippen LogP contribution is 2.06. The topological polar surface area (TPSA) is 24.5 Å². The molecule has 1 unspecified atom stereocenters. The van der Waals surface area contributed by atoms with Crippen LogP contribution in [0.15, 0.2) is 0 Å². The first-order valence-electron chi connectivity index (χ1n) is 6.66. The molecular weight excluding hydrogens is 200 g/mol. The van der Waals surface area contributed by atoms with Crippen LogP contribution in [0.1, 0.15) is 34.1 Å². The molecule has 1 N–H and O–H groups in total. The van der Waals surface area contributed by atoms with E-state index in [4.69, 9.17) is 4.74 Å². The van der Waals surface area contributed by atoms with E-state index in [-0.39, 0.29) is 0 Å². The molecule has 0 bridgehead atoms. The molecule has 1 saturated heterocycles. The van der Waals surface area contributed by atoms with Gasteiger partial charge in [0.15, 0.2) is 0 Å². The zero-order chi connectivity index (χ0) is 12.0. The van der Waals surface area contributed by atoms with Crippen molar-refractivity contribution in [1.82, 2.24) is 10.2 Å². The maximum Gasteiger partial charge on any atom is 0.0622 e. The SMILES string of the molecule is CC(C)C1COCCN(C(C)C)CCCN1. The van der Waals surface area contributed by atoms with Crippen LogP contribution >= 0.6 is 0 Å². The Morgan fingerprint density at radius 3 is 2.56 bits per heavy atom. The molecule has 1 aliphatic heterocycles. The molecule has 0 aromatic heterocycles. The van der Waals surface area contributed by atoms with Gasteiger partial charge in [-0.25, -0.2) is 0 Å². The normalized spacial score (nSPS) is 26.2. The van der Waals surface area contributed by atoms with Gasteiger partial charge in [-0.15, -0.1) is 0 Å². The van der Waals surface area contributed by atoms with Gasteiger partial charge in [0, 0.05) is 18.6 Å². The van der Waals surface area contributed by atoms with Crippen molar-refractivity contribution in [2.24, 2.45) is 5.92 Å². The van der Waals surface area contributed by atoms with E-state index in [2.05, 4.69) is 37.9 Å². The number of rotatable bonds is 2. The first-order chi connectivity index (χ1) is 7.61. The summed E-state index contributed by atoms with van der Waals surface area (Å²) in [5.74, 6) is 0.653. The van der Waals surface area contributed by atoms with Crippen molar-refractivity contribution >= 4 is 0 Å². The lowest BCUT2D eigenvalue weighted by Gasteiger charge is -2.30. The Labute approximate surface area is 101 Å². The van der Waals surface area contributed by atoms with Gasteiger partial charge < -0.3 is 10.1 Å². The minimum absolute atomic E-state index is 0.519. The zero-order valence-corrected chi connectivity index (χ0v) is 11.3. The molecule has 16 heavy (non-hydrogen) atoms. The summed E-state index contributed by atoms with van der Waals surface area (Å²) >= 11 is 0. The maximum atomic E-state index is 5.76. The molecule has 0 amide bonds. The van der Waals surface area contributed by atoms with Gasteiger partial charge in [0.2, 0.25) is 0 Å². The van der Waals surface area contributed by atoms with Crippen LogP contribution in [0.25, 0.3) is 0 Å². The summed E-state index contributed by atoms with van der Waals surface area (Å²) in [7, 11) is 0. The molecule has 1 heterocycles. The van der Waals surface area contributed by atoms with Crippen LogP contribution in [0.5, 0.6) is 0 Å². The predicted octanol–water partition coefficient (Wildman–Crippen LogP) is 1.73. The lowest BCUT2D eigenvalue weighted by molar-refractivity contribution is 0.0619. The minimum Gasteiger partial charge on any atom is -0.378 e. The predicted molar refractivity (Wildman–Crippen MR) is 68.8 cm³/mol. The summed E-state index contributed by atoms with van der Waals surface area (Å²) in [6, 6.07) is 1.15. The van der Waals surface area contributed by atoms with Gasteiger partial charge in [-0.05, 0) is 39.3 Å². The molecule has 1 atom stereocenters. The molecule has 0 aliphatic carbocycles. The highest BCUT2D eigenvalue weighted by Gasteiger charge is 2.15. The second kappa shape index (κ2) is 7.25. The standard InChI is InChI=1S/C13H28N2O/c1-11(2)13-10-16-9-8-15(12(3)4)7-5-6-14-13/h11-14H,5-10H2,1-4H3. The molecule has 96 valence electrons. The Morgan fingerprint density at radius 1 is 1.19 bits per heavy atom. The molecule has 1 rings (SSSR count). The lowest BCUT2D eigenvalue weighted by atomic mass is 10.1. The Hall–Kier alpha value is -0.120. The van der Waals surface area contributed by atoms with Gasteiger partial charge in [0.05, 0.1) is 13.2 Å². The molecule has 0 aromatic carbocycles. The minimum atomic E-state index is 0.519. The van der Waals surface area contributed by atoms with E-state index in [1.807, 2.05) is 0 Å². The second-order valence-electron chi connectivity index (χ2n) is 5.36. The average Bonchev–Trinajstić information content (AvgIpc) is 2.24. The monoisotopic (exact) mass is 228 g/mol. The summed E-state index contributed by atoms with van der Waals surface area (Å²) < 4.78 is 5.76. The van der Waals surface area contributed by atoms with Gasteiger partial charge in [-0.1, -0.05) is 13.8 Å². The fourth-order valence-electron chi connectivity index (χ4n) is 2.08. The van der Waals surface area contributed by atoms with E-state index in [0.717, 1.165) is 26.3 Å². The summed E-state index contributed by atoms with van der Waals surface area (Å²) in [5.41, 5.74) is 0. The van der Waals surface area contributed by atoms with Gasteiger partial charge >= 0.3 is 0 Å². The summed E-state index contributed by atoms with van der Waals surface area (Å²) in [6.45, 7) is 14.1. The van der Waals surface area contributed by atoms with E-state index < -0.39 is 0 Å². The molecule has 0 radical (unpaired) electrons. The fourth-order valence-corrected chi connectivity index (χ4v) is 2.08. The molecule has 1 aliphatic rings. The van der Waals surface area contributed by atoms with Crippen molar-refractivity contribution in [3.8, 4) is 0 Å². The Bertz CT molecular complexity index is 151. The van der Waals surface area contributed by atoms with Crippen molar-refractivity contribution in [3.05, 3.63) is 0 Å². The fraction of sp³-hybridized carbons (Fsp3) is 1.00. The highest BCUT2D eigenvalue weighted by atomic mass is 16.5. The smallest absolute Gasteiger partial charge is 0.0622 e. The van der Waals surface area contributed by atoms with Crippen LogP contribution < -0.4 is 5.32 Å². The third-order valence-corrected chi connectivity index (χ3v) is 3.38. The van der Waals surface area contributed by atoms with E-state index >= 15 is 0 Å². The van der Waals surface area contributed by atoms with Crippen LogP contribution in [-0.2, 0) is 4.74 Å².